The Kier molecular flexibility index (Phi) is 5.70. The smallest absolute Gasteiger partial charge is 0.416 e. The highest BCUT2D eigenvalue weighted by Gasteiger charge is 2.39. The molecule has 3 rings (SSSR count). The standard InChI is InChI=1S/C20H26F3NO3/c21-20(22,23)16-2-1-15(13-25)17(12-16)24-9-7-19(8-10-24)5-3-14(4-6-19)11-18(26)27/h1-2,12,14,25H,3-11,13H2,(H,26,27). The molecule has 2 N–H and O–H groups in total. The number of anilines is 1. The number of piperidine rings is 1. The predicted octanol–water partition coefficient (Wildman–Crippen LogP) is 4.45. The summed E-state index contributed by atoms with van der Waals surface area (Å²) >= 11 is 0. The van der Waals surface area contributed by atoms with Crippen molar-refractivity contribution in [2.24, 2.45) is 11.3 Å². The molecule has 2 fully saturated rings. The number of carboxylic acids is 1. The normalized spacial score (nSPS) is 20.8. The van der Waals surface area contributed by atoms with Gasteiger partial charge in [-0.1, -0.05) is 6.07 Å². The fraction of sp³-hybridized carbons (Fsp3) is 0.650. The summed E-state index contributed by atoms with van der Waals surface area (Å²) in [5.74, 6) is -0.498. The number of aliphatic hydroxyl groups is 1. The first-order valence-corrected chi connectivity index (χ1v) is 9.50. The molecule has 1 aliphatic carbocycles. The molecule has 1 aliphatic heterocycles. The quantitative estimate of drug-likeness (QED) is 0.804. The average molecular weight is 385 g/mol. The molecule has 4 nitrogen and oxygen atoms in total. The molecule has 0 bridgehead atoms. The highest BCUT2D eigenvalue weighted by molar-refractivity contribution is 5.67. The number of carboxylic acid groups (broad SMARTS) is 1. The van der Waals surface area contributed by atoms with Crippen molar-refractivity contribution in [3.8, 4) is 0 Å². The van der Waals surface area contributed by atoms with Gasteiger partial charge in [0.2, 0.25) is 0 Å². The van der Waals surface area contributed by atoms with Gasteiger partial charge in [-0.2, -0.15) is 13.2 Å². The fourth-order valence-corrected chi connectivity index (χ4v) is 4.63. The van der Waals surface area contributed by atoms with E-state index in [-0.39, 0.29) is 24.4 Å². The maximum absolute atomic E-state index is 13.1. The number of hydrogen-bond donors (Lipinski definition) is 2. The summed E-state index contributed by atoms with van der Waals surface area (Å²) in [4.78, 5) is 12.8. The van der Waals surface area contributed by atoms with Gasteiger partial charge in [-0.25, -0.2) is 0 Å². The molecule has 1 aromatic carbocycles. The maximum atomic E-state index is 13.1. The SMILES string of the molecule is O=C(O)CC1CCC2(CC1)CCN(c1cc(C(F)(F)F)ccc1CO)CC2. The van der Waals surface area contributed by atoms with Gasteiger partial charge in [0, 0.05) is 30.8 Å². The molecule has 0 atom stereocenters. The van der Waals surface area contributed by atoms with Crippen LogP contribution in [0.2, 0.25) is 0 Å². The lowest BCUT2D eigenvalue weighted by Gasteiger charge is -2.46. The number of rotatable bonds is 4. The van der Waals surface area contributed by atoms with Crippen molar-refractivity contribution in [3.05, 3.63) is 29.3 Å². The van der Waals surface area contributed by atoms with Crippen molar-refractivity contribution in [2.75, 3.05) is 18.0 Å². The summed E-state index contributed by atoms with van der Waals surface area (Å²) in [5.41, 5.74) is 0.488. The minimum absolute atomic E-state index is 0.187. The summed E-state index contributed by atoms with van der Waals surface area (Å²) in [5, 5.41) is 18.5. The number of alkyl halides is 3. The molecule has 1 saturated carbocycles. The van der Waals surface area contributed by atoms with Gasteiger partial charge in [-0.05, 0) is 62.0 Å². The van der Waals surface area contributed by atoms with E-state index in [1.54, 1.807) is 0 Å². The summed E-state index contributed by atoms with van der Waals surface area (Å²) in [6, 6.07) is 3.52. The average Bonchev–Trinajstić information content (AvgIpc) is 2.63. The molecular formula is C20H26F3NO3. The molecule has 2 aliphatic rings. The van der Waals surface area contributed by atoms with E-state index in [0.29, 0.717) is 24.3 Å². The number of hydrogen-bond acceptors (Lipinski definition) is 3. The minimum Gasteiger partial charge on any atom is -0.481 e. The van der Waals surface area contributed by atoms with Crippen LogP contribution in [0.3, 0.4) is 0 Å². The van der Waals surface area contributed by atoms with Crippen molar-refractivity contribution >= 4 is 11.7 Å². The van der Waals surface area contributed by atoms with Gasteiger partial charge in [-0.15, -0.1) is 0 Å². The topological polar surface area (TPSA) is 60.8 Å². The lowest BCUT2D eigenvalue weighted by atomic mass is 9.65. The molecule has 7 heteroatoms. The highest BCUT2D eigenvalue weighted by atomic mass is 19.4. The van der Waals surface area contributed by atoms with Gasteiger partial charge < -0.3 is 15.1 Å². The summed E-state index contributed by atoms with van der Waals surface area (Å²) in [7, 11) is 0. The van der Waals surface area contributed by atoms with Gasteiger partial charge in [-0.3, -0.25) is 4.79 Å². The summed E-state index contributed by atoms with van der Waals surface area (Å²) < 4.78 is 39.2. The van der Waals surface area contributed by atoms with Gasteiger partial charge in [0.25, 0.3) is 0 Å². The number of aliphatic carboxylic acids is 1. The zero-order valence-corrected chi connectivity index (χ0v) is 15.3. The molecule has 1 saturated heterocycles. The first kappa shape index (κ1) is 20.0. The molecule has 150 valence electrons. The molecule has 1 aromatic rings. The summed E-state index contributed by atoms with van der Waals surface area (Å²) in [6.45, 7) is 1.04. The zero-order chi connectivity index (χ0) is 19.7. The van der Waals surface area contributed by atoms with Crippen molar-refractivity contribution < 1.29 is 28.2 Å². The lowest BCUT2D eigenvalue weighted by molar-refractivity contribution is -0.139. The first-order valence-electron chi connectivity index (χ1n) is 9.50. The Morgan fingerprint density at radius 2 is 1.78 bits per heavy atom. The van der Waals surface area contributed by atoms with Crippen molar-refractivity contribution in [1.29, 1.82) is 0 Å². The van der Waals surface area contributed by atoms with Crippen molar-refractivity contribution in [2.45, 2.75) is 57.7 Å². The van der Waals surface area contributed by atoms with E-state index in [1.165, 1.54) is 6.07 Å². The second kappa shape index (κ2) is 7.70. The Hall–Kier alpha value is -1.76. The third-order valence-corrected chi connectivity index (χ3v) is 6.38. The van der Waals surface area contributed by atoms with E-state index in [1.807, 2.05) is 4.90 Å². The molecule has 0 unspecified atom stereocenters. The Morgan fingerprint density at radius 3 is 2.30 bits per heavy atom. The number of nitrogens with zero attached hydrogens (tertiary/aromatic N) is 1. The van der Waals surface area contributed by atoms with Crippen LogP contribution in [0.1, 0.15) is 56.1 Å². The Bertz CT molecular complexity index is 672. The molecular weight excluding hydrogens is 359 g/mol. The molecule has 1 heterocycles. The van der Waals surface area contributed by atoms with Crippen molar-refractivity contribution in [1.82, 2.24) is 0 Å². The van der Waals surface area contributed by atoms with Crippen LogP contribution >= 0.6 is 0 Å². The minimum atomic E-state index is -4.40. The third kappa shape index (κ3) is 4.57. The number of halogens is 3. The third-order valence-electron chi connectivity index (χ3n) is 6.38. The van der Waals surface area contributed by atoms with Crippen LogP contribution in [0.4, 0.5) is 18.9 Å². The molecule has 27 heavy (non-hydrogen) atoms. The first-order chi connectivity index (χ1) is 12.7. The fourth-order valence-electron chi connectivity index (χ4n) is 4.63. The second-order valence-electron chi connectivity index (χ2n) is 8.03. The van der Waals surface area contributed by atoms with Crippen LogP contribution in [-0.4, -0.2) is 29.3 Å². The molecule has 0 radical (unpaired) electrons. The monoisotopic (exact) mass is 385 g/mol. The van der Waals surface area contributed by atoms with Gasteiger partial charge >= 0.3 is 12.1 Å². The molecule has 1 spiro atoms. The van der Waals surface area contributed by atoms with Gasteiger partial charge in [0.15, 0.2) is 0 Å². The second-order valence-corrected chi connectivity index (χ2v) is 8.03. The van der Waals surface area contributed by atoms with Gasteiger partial charge in [0.1, 0.15) is 0 Å². The van der Waals surface area contributed by atoms with Gasteiger partial charge in [0.05, 0.1) is 12.2 Å². The summed E-state index contributed by atoms with van der Waals surface area (Å²) in [6.07, 6.45) is 1.44. The zero-order valence-electron chi connectivity index (χ0n) is 15.3. The Balaban J connectivity index is 1.67. The Morgan fingerprint density at radius 1 is 1.15 bits per heavy atom. The van der Waals surface area contributed by atoms with E-state index in [4.69, 9.17) is 5.11 Å². The van der Waals surface area contributed by atoms with Crippen LogP contribution in [0, 0.1) is 11.3 Å². The van der Waals surface area contributed by atoms with E-state index in [0.717, 1.165) is 50.7 Å². The number of carbonyl (C=O) groups is 1. The predicted molar refractivity (Wildman–Crippen MR) is 95.5 cm³/mol. The lowest BCUT2D eigenvalue weighted by Crippen LogP contribution is -2.42. The van der Waals surface area contributed by atoms with E-state index >= 15 is 0 Å². The van der Waals surface area contributed by atoms with Crippen LogP contribution < -0.4 is 4.90 Å². The van der Waals surface area contributed by atoms with Crippen LogP contribution in [-0.2, 0) is 17.6 Å². The van der Waals surface area contributed by atoms with E-state index in [9.17, 15) is 23.1 Å². The maximum Gasteiger partial charge on any atom is 0.416 e. The largest absolute Gasteiger partial charge is 0.481 e. The van der Waals surface area contributed by atoms with Crippen molar-refractivity contribution in [3.63, 3.8) is 0 Å². The number of benzene rings is 1. The van der Waals surface area contributed by atoms with Crippen LogP contribution in [0.5, 0.6) is 0 Å². The highest BCUT2D eigenvalue weighted by Crippen LogP contribution is 2.48. The van der Waals surface area contributed by atoms with Crippen LogP contribution in [0.25, 0.3) is 0 Å². The van der Waals surface area contributed by atoms with Crippen LogP contribution in [0.15, 0.2) is 18.2 Å². The molecule has 0 aromatic heterocycles. The van der Waals surface area contributed by atoms with E-state index in [2.05, 4.69) is 0 Å². The molecule has 0 amide bonds. The Labute approximate surface area is 157 Å². The van der Waals surface area contributed by atoms with E-state index < -0.39 is 17.7 Å². The number of aliphatic hydroxyl groups excluding tert-OH is 1.